The van der Waals surface area contributed by atoms with Crippen LogP contribution in [0.15, 0.2) is 35.4 Å². The average molecular weight is 569 g/mol. The second-order valence-electron chi connectivity index (χ2n) is 10.3. The first kappa shape index (κ1) is 28.5. The van der Waals surface area contributed by atoms with E-state index in [1.807, 2.05) is 6.92 Å². The molecule has 1 aromatic carbocycles. The van der Waals surface area contributed by atoms with Gasteiger partial charge in [0.15, 0.2) is 17.4 Å². The first-order chi connectivity index (χ1) is 19.7. The molecule has 0 saturated carbocycles. The number of hydrogen-bond donors (Lipinski definition) is 4. The molecule has 2 aliphatic heterocycles. The van der Waals surface area contributed by atoms with Gasteiger partial charge in [0.2, 0.25) is 11.9 Å². The first-order valence-electron chi connectivity index (χ1n) is 13.5. The number of aromatic nitrogens is 4. The van der Waals surface area contributed by atoms with Crippen LogP contribution < -0.4 is 10.9 Å². The summed E-state index contributed by atoms with van der Waals surface area (Å²) in [4.78, 5) is 63.5. The number of anilines is 1. The maximum atomic E-state index is 13.3. The lowest BCUT2D eigenvalue weighted by molar-refractivity contribution is -0.133. The average Bonchev–Trinajstić information content (AvgIpc) is 3.59. The van der Waals surface area contributed by atoms with Crippen LogP contribution in [-0.4, -0.2) is 83.5 Å². The number of ether oxygens (including phenoxy) is 2. The van der Waals surface area contributed by atoms with E-state index in [1.54, 1.807) is 38.1 Å². The van der Waals surface area contributed by atoms with Crippen molar-refractivity contribution >= 4 is 34.8 Å². The van der Waals surface area contributed by atoms with Crippen molar-refractivity contribution in [1.29, 1.82) is 0 Å². The maximum Gasteiger partial charge on any atom is 0.280 e. The Morgan fingerprint density at radius 3 is 2.49 bits per heavy atom. The van der Waals surface area contributed by atoms with Crippen molar-refractivity contribution in [1.82, 2.24) is 24.4 Å². The molecule has 41 heavy (non-hydrogen) atoms. The van der Waals surface area contributed by atoms with Gasteiger partial charge in [0.25, 0.3) is 17.4 Å². The Morgan fingerprint density at radius 1 is 1.20 bits per heavy atom. The molecule has 1 unspecified atom stereocenters. The first-order valence-corrected chi connectivity index (χ1v) is 13.5. The zero-order valence-corrected chi connectivity index (χ0v) is 22.8. The van der Waals surface area contributed by atoms with Crippen LogP contribution in [0.5, 0.6) is 0 Å². The number of aromatic amines is 1. The third kappa shape index (κ3) is 5.14. The number of H-pyrrole nitrogens is 1. The van der Waals surface area contributed by atoms with Crippen LogP contribution in [0.2, 0.25) is 0 Å². The van der Waals surface area contributed by atoms with Crippen LogP contribution in [0.1, 0.15) is 67.0 Å². The van der Waals surface area contributed by atoms with E-state index < -0.39 is 54.7 Å². The molecule has 1 saturated heterocycles. The number of rotatable bonds is 10. The van der Waals surface area contributed by atoms with Gasteiger partial charge in [0.05, 0.1) is 24.1 Å². The van der Waals surface area contributed by atoms with Crippen LogP contribution in [0, 0.1) is 5.92 Å². The van der Waals surface area contributed by atoms with E-state index in [2.05, 4.69) is 20.3 Å². The Hall–Kier alpha value is -3.98. The Morgan fingerprint density at radius 2 is 1.88 bits per heavy atom. The summed E-state index contributed by atoms with van der Waals surface area (Å²) in [5, 5.41) is 23.6. The number of carbonyl (C=O) groups is 3. The molecule has 0 spiro atoms. The van der Waals surface area contributed by atoms with Gasteiger partial charge < -0.3 is 19.7 Å². The topological polar surface area (TPSA) is 189 Å². The van der Waals surface area contributed by atoms with Crippen LogP contribution in [0.4, 0.5) is 5.95 Å². The number of aliphatic hydroxyl groups is 2. The number of hydrogen-bond acceptors (Lipinski definition) is 10. The van der Waals surface area contributed by atoms with Crippen LogP contribution in [0.3, 0.4) is 0 Å². The van der Waals surface area contributed by atoms with Gasteiger partial charge in [0.1, 0.15) is 24.5 Å². The van der Waals surface area contributed by atoms with Crippen LogP contribution in [0.25, 0.3) is 11.2 Å². The minimum atomic E-state index is -1.37. The number of aliphatic hydroxyl groups excluding tert-OH is 2. The lowest BCUT2D eigenvalue weighted by atomic mass is 10.1. The van der Waals surface area contributed by atoms with Gasteiger partial charge in [0, 0.05) is 5.92 Å². The predicted octanol–water partition coefficient (Wildman–Crippen LogP) is 1.16. The van der Waals surface area contributed by atoms with Gasteiger partial charge in [-0.25, -0.2) is 9.88 Å². The number of fused-ring (bicyclic) bond motifs is 2. The monoisotopic (exact) mass is 568 g/mol. The van der Waals surface area contributed by atoms with E-state index in [4.69, 9.17) is 9.47 Å². The van der Waals surface area contributed by atoms with E-state index in [9.17, 15) is 29.4 Å². The molecule has 0 radical (unpaired) electrons. The molecule has 14 heteroatoms. The second kappa shape index (κ2) is 11.5. The summed E-state index contributed by atoms with van der Waals surface area (Å²) in [6.45, 7) is 4.77. The molecule has 14 nitrogen and oxygen atoms in total. The number of imidazole rings is 1. The fourth-order valence-electron chi connectivity index (χ4n) is 4.96. The number of carbonyl (C=O) groups excluding carboxylic acids is 3. The second-order valence-corrected chi connectivity index (χ2v) is 10.3. The predicted molar refractivity (Wildman–Crippen MR) is 144 cm³/mol. The van der Waals surface area contributed by atoms with Gasteiger partial charge in [-0.15, -0.1) is 0 Å². The van der Waals surface area contributed by atoms with Crippen molar-refractivity contribution in [2.45, 2.75) is 70.8 Å². The summed E-state index contributed by atoms with van der Waals surface area (Å²) in [6.07, 6.45) is -2.95. The Bertz CT molecular complexity index is 1500. The number of nitrogens with one attached hydrogen (secondary N) is 2. The van der Waals surface area contributed by atoms with E-state index >= 15 is 0 Å². The largest absolute Gasteiger partial charge is 0.394 e. The molecule has 2 aromatic heterocycles. The SMILES string of the molecule is CCCCC(O[C@@H]1[C@H](O)[C@@H](CO)O[C@H]1n1cnc2c(=O)[nH]c(NC(=O)C(C)C)nc21)N1C(=O)c2ccccc2C1=O. The highest BCUT2D eigenvalue weighted by Gasteiger charge is 2.49. The van der Waals surface area contributed by atoms with E-state index in [1.165, 1.54) is 10.9 Å². The van der Waals surface area contributed by atoms with Crippen LogP contribution in [-0.2, 0) is 14.3 Å². The van der Waals surface area contributed by atoms with E-state index in [0.717, 1.165) is 11.3 Å². The molecule has 2 aliphatic rings. The van der Waals surface area contributed by atoms with Gasteiger partial charge >= 0.3 is 0 Å². The van der Waals surface area contributed by atoms with Crippen molar-refractivity contribution in [2.75, 3.05) is 11.9 Å². The zero-order valence-electron chi connectivity index (χ0n) is 22.8. The minimum absolute atomic E-state index is 0.0306. The molecule has 218 valence electrons. The molecular formula is C27H32N6O8. The van der Waals surface area contributed by atoms with Gasteiger partial charge in [-0.3, -0.25) is 34.0 Å². The third-order valence-corrected chi connectivity index (χ3v) is 7.20. The summed E-state index contributed by atoms with van der Waals surface area (Å²) < 4.78 is 13.6. The molecule has 0 bridgehead atoms. The summed E-state index contributed by atoms with van der Waals surface area (Å²) in [6, 6.07) is 6.48. The molecule has 1 fully saturated rings. The quantitative estimate of drug-likeness (QED) is 0.258. The van der Waals surface area contributed by atoms with Crippen molar-refractivity contribution < 1.29 is 34.1 Å². The number of benzene rings is 1. The lowest BCUT2D eigenvalue weighted by Crippen LogP contribution is -2.47. The molecule has 5 atom stereocenters. The summed E-state index contributed by atoms with van der Waals surface area (Å²) in [5.74, 6) is -1.87. The summed E-state index contributed by atoms with van der Waals surface area (Å²) in [7, 11) is 0. The maximum absolute atomic E-state index is 13.3. The Kier molecular flexibility index (Phi) is 8.00. The molecule has 3 amide bonds. The minimum Gasteiger partial charge on any atom is -0.394 e. The smallest absolute Gasteiger partial charge is 0.280 e. The van der Waals surface area contributed by atoms with Crippen molar-refractivity contribution in [3.63, 3.8) is 0 Å². The fraction of sp³-hybridized carbons (Fsp3) is 0.481. The van der Waals surface area contributed by atoms with E-state index in [-0.39, 0.29) is 46.5 Å². The number of unbranched alkanes of at least 4 members (excludes halogenated alkanes) is 1. The third-order valence-electron chi connectivity index (χ3n) is 7.20. The van der Waals surface area contributed by atoms with Gasteiger partial charge in [-0.05, 0) is 25.0 Å². The molecule has 4 N–H and O–H groups in total. The highest BCUT2D eigenvalue weighted by Crippen LogP contribution is 2.36. The highest BCUT2D eigenvalue weighted by atomic mass is 16.6. The summed E-state index contributed by atoms with van der Waals surface area (Å²) >= 11 is 0. The molecule has 3 aromatic rings. The van der Waals surface area contributed by atoms with Gasteiger partial charge in [-0.1, -0.05) is 39.3 Å². The van der Waals surface area contributed by atoms with Gasteiger partial charge in [-0.2, -0.15) is 4.98 Å². The van der Waals surface area contributed by atoms with Crippen LogP contribution >= 0.6 is 0 Å². The van der Waals surface area contributed by atoms with Crippen molar-refractivity contribution in [3.05, 3.63) is 52.1 Å². The van der Waals surface area contributed by atoms with Crippen molar-refractivity contribution in [2.24, 2.45) is 5.92 Å². The molecule has 5 rings (SSSR count). The summed E-state index contributed by atoms with van der Waals surface area (Å²) in [5.41, 5.74) is -0.122. The van der Waals surface area contributed by atoms with E-state index in [0.29, 0.717) is 6.42 Å². The molecule has 0 aliphatic carbocycles. The zero-order chi connectivity index (χ0) is 29.4. The van der Waals surface area contributed by atoms with Crippen molar-refractivity contribution in [3.8, 4) is 0 Å². The Balaban J connectivity index is 1.51. The number of imide groups is 1. The molecular weight excluding hydrogens is 536 g/mol. The number of nitrogens with zero attached hydrogens (tertiary/aromatic N) is 4. The standard InChI is InChI=1S/C27H32N6O8/c1-4-5-10-17(33-24(38)14-8-6-7-9-15(14)25(33)39)41-20-19(35)16(11-34)40-26(20)32-12-28-18-21(32)29-27(31-23(18)37)30-22(36)13(2)3/h6-9,12-13,16-17,19-20,26,34-35H,4-5,10-11H2,1-3H3,(H2,29,30,31,36,37)/t16-,17?,19-,20-,26-/m1/s1. The molecule has 4 heterocycles. The normalized spacial score (nSPS) is 23.0. The lowest BCUT2D eigenvalue weighted by Gasteiger charge is -2.32. The Labute approximate surface area is 234 Å². The fourth-order valence-corrected chi connectivity index (χ4v) is 4.96. The number of amides is 3. The highest BCUT2D eigenvalue weighted by molar-refractivity contribution is 6.21.